The van der Waals surface area contributed by atoms with Crippen LogP contribution >= 0.6 is 0 Å². The Kier molecular flexibility index (Phi) is 4.23. The number of aliphatic hydroxyl groups excluding tert-OH is 1. The van der Waals surface area contributed by atoms with Gasteiger partial charge in [-0.1, -0.05) is 0 Å². The number of nitrogens with zero attached hydrogens (tertiary/aromatic N) is 1. The first-order valence-corrected chi connectivity index (χ1v) is 6.52. The highest BCUT2D eigenvalue weighted by Gasteiger charge is 2.27. The summed E-state index contributed by atoms with van der Waals surface area (Å²) in [4.78, 5) is 13.7. The van der Waals surface area contributed by atoms with E-state index < -0.39 is 0 Å². The van der Waals surface area contributed by atoms with Gasteiger partial charge in [-0.25, -0.2) is 4.79 Å². The Balaban J connectivity index is 1.79. The molecule has 2 saturated heterocycles. The fourth-order valence-electron chi connectivity index (χ4n) is 2.52. The first-order chi connectivity index (χ1) is 8.16. The number of rotatable bonds is 2. The molecule has 0 spiro atoms. The van der Waals surface area contributed by atoms with Gasteiger partial charge in [0.2, 0.25) is 0 Å². The highest BCUT2D eigenvalue weighted by molar-refractivity contribution is 5.74. The third-order valence-electron chi connectivity index (χ3n) is 3.56. The summed E-state index contributed by atoms with van der Waals surface area (Å²) in [6.45, 7) is 3.97. The summed E-state index contributed by atoms with van der Waals surface area (Å²) < 4.78 is 5.54. The number of piperidine rings is 1. The molecule has 0 aromatic heterocycles. The van der Waals surface area contributed by atoms with E-state index in [1.165, 1.54) is 0 Å². The second-order valence-corrected chi connectivity index (χ2v) is 5.03. The molecule has 0 aromatic rings. The molecule has 98 valence electrons. The smallest absolute Gasteiger partial charge is 0.317 e. The van der Waals surface area contributed by atoms with Crippen molar-refractivity contribution < 1.29 is 14.6 Å². The highest BCUT2D eigenvalue weighted by Crippen LogP contribution is 2.16. The van der Waals surface area contributed by atoms with Gasteiger partial charge in [0.15, 0.2) is 0 Å². The van der Waals surface area contributed by atoms with Gasteiger partial charge in [0.1, 0.15) is 0 Å². The molecule has 0 aromatic carbocycles. The first kappa shape index (κ1) is 12.6. The van der Waals surface area contributed by atoms with Crippen LogP contribution < -0.4 is 5.32 Å². The van der Waals surface area contributed by atoms with Crippen molar-refractivity contribution in [3.8, 4) is 0 Å². The molecule has 17 heavy (non-hydrogen) atoms. The molecule has 2 aliphatic heterocycles. The normalized spacial score (nSPS) is 31.3. The monoisotopic (exact) mass is 242 g/mol. The number of amides is 2. The Hall–Kier alpha value is -0.810. The minimum atomic E-state index is -0.368. The summed E-state index contributed by atoms with van der Waals surface area (Å²) in [6, 6.07) is -0.0316. The number of β-amino-alcohol motifs (C(OH)–C–C–N with tert-alkyl or cyclic N) is 1. The van der Waals surface area contributed by atoms with Gasteiger partial charge >= 0.3 is 6.03 Å². The van der Waals surface area contributed by atoms with Crippen LogP contribution in [0.25, 0.3) is 0 Å². The van der Waals surface area contributed by atoms with Crippen molar-refractivity contribution in [3.05, 3.63) is 0 Å². The number of hydrogen-bond donors (Lipinski definition) is 2. The Bertz CT molecular complexity index is 266. The van der Waals surface area contributed by atoms with Crippen LogP contribution in [0.2, 0.25) is 0 Å². The standard InChI is InChI=1S/C12H22N2O3/c1-9(11-5-3-7-17-11)13-12(16)14-6-2-4-10(15)8-14/h9-11,15H,2-8H2,1H3,(H,13,16). The molecule has 2 rings (SSSR count). The molecular weight excluding hydrogens is 220 g/mol. The van der Waals surface area contributed by atoms with Crippen LogP contribution in [0.1, 0.15) is 32.6 Å². The molecule has 2 heterocycles. The lowest BCUT2D eigenvalue weighted by Crippen LogP contribution is -2.51. The summed E-state index contributed by atoms with van der Waals surface area (Å²) in [5, 5.41) is 12.5. The molecule has 3 unspecified atom stereocenters. The third kappa shape index (κ3) is 3.33. The average Bonchev–Trinajstić information content (AvgIpc) is 2.82. The van der Waals surface area contributed by atoms with E-state index in [1.807, 2.05) is 6.92 Å². The number of aliphatic hydroxyl groups is 1. The largest absolute Gasteiger partial charge is 0.391 e. The topological polar surface area (TPSA) is 61.8 Å². The van der Waals surface area contributed by atoms with E-state index in [0.717, 1.165) is 38.8 Å². The van der Waals surface area contributed by atoms with Gasteiger partial charge < -0.3 is 20.1 Å². The fourth-order valence-corrected chi connectivity index (χ4v) is 2.52. The summed E-state index contributed by atoms with van der Waals surface area (Å²) in [5.41, 5.74) is 0. The SMILES string of the molecule is CC(NC(=O)N1CCCC(O)C1)C1CCCO1. The van der Waals surface area contributed by atoms with Crippen molar-refractivity contribution in [1.82, 2.24) is 10.2 Å². The van der Waals surface area contributed by atoms with Crippen molar-refractivity contribution >= 4 is 6.03 Å². The van der Waals surface area contributed by atoms with Crippen LogP contribution in [0.15, 0.2) is 0 Å². The number of likely N-dealkylation sites (tertiary alicyclic amines) is 1. The lowest BCUT2D eigenvalue weighted by Gasteiger charge is -2.32. The maximum absolute atomic E-state index is 12.0. The van der Waals surface area contributed by atoms with Crippen LogP contribution in [0, 0.1) is 0 Å². The van der Waals surface area contributed by atoms with Crippen molar-refractivity contribution in [2.75, 3.05) is 19.7 Å². The molecule has 2 fully saturated rings. The molecule has 5 nitrogen and oxygen atoms in total. The maximum atomic E-state index is 12.0. The predicted octanol–water partition coefficient (Wildman–Crippen LogP) is 0.720. The number of nitrogens with one attached hydrogen (secondary N) is 1. The lowest BCUT2D eigenvalue weighted by molar-refractivity contribution is 0.0694. The molecule has 2 aliphatic rings. The van der Waals surface area contributed by atoms with Crippen LogP contribution in [-0.2, 0) is 4.74 Å². The summed E-state index contributed by atoms with van der Waals surface area (Å²) in [7, 11) is 0. The molecule has 0 radical (unpaired) electrons. The van der Waals surface area contributed by atoms with Crippen LogP contribution in [0.4, 0.5) is 4.79 Å². The first-order valence-electron chi connectivity index (χ1n) is 6.52. The number of hydrogen-bond acceptors (Lipinski definition) is 3. The van der Waals surface area contributed by atoms with Crippen molar-refractivity contribution in [2.45, 2.75) is 50.9 Å². The van der Waals surface area contributed by atoms with Crippen molar-refractivity contribution in [1.29, 1.82) is 0 Å². The molecule has 2 amide bonds. The quantitative estimate of drug-likeness (QED) is 0.750. The van der Waals surface area contributed by atoms with Crippen molar-refractivity contribution in [3.63, 3.8) is 0 Å². The molecule has 0 saturated carbocycles. The van der Waals surface area contributed by atoms with Gasteiger partial charge in [-0.2, -0.15) is 0 Å². The zero-order valence-electron chi connectivity index (χ0n) is 10.4. The number of urea groups is 1. The molecule has 5 heteroatoms. The van der Waals surface area contributed by atoms with Crippen LogP contribution in [0.5, 0.6) is 0 Å². The average molecular weight is 242 g/mol. The maximum Gasteiger partial charge on any atom is 0.317 e. The van der Waals surface area contributed by atoms with Gasteiger partial charge in [0.25, 0.3) is 0 Å². The Labute approximate surface area is 102 Å². The van der Waals surface area contributed by atoms with Gasteiger partial charge in [0, 0.05) is 19.7 Å². The lowest BCUT2D eigenvalue weighted by atomic mass is 10.1. The zero-order chi connectivity index (χ0) is 12.3. The van der Waals surface area contributed by atoms with E-state index in [1.54, 1.807) is 4.90 Å². The second kappa shape index (κ2) is 5.69. The summed E-state index contributed by atoms with van der Waals surface area (Å²) in [5.74, 6) is 0. The Morgan fingerprint density at radius 1 is 1.47 bits per heavy atom. The Morgan fingerprint density at radius 3 is 2.94 bits per heavy atom. The summed E-state index contributed by atoms with van der Waals surface area (Å²) in [6.07, 6.45) is 3.55. The van der Waals surface area contributed by atoms with Gasteiger partial charge in [-0.3, -0.25) is 0 Å². The number of ether oxygens (including phenoxy) is 1. The van der Waals surface area contributed by atoms with E-state index in [2.05, 4.69) is 5.32 Å². The van der Waals surface area contributed by atoms with Crippen LogP contribution in [0.3, 0.4) is 0 Å². The fraction of sp³-hybridized carbons (Fsp3) is 0.917. The highest BCUT2D eigenvalue weighted by atomic mass is 16.5. The van der Waals surface area contributed by atoms with E-state index in [-0.39, 0.29) is 24.3 Å². The van der Waals surface area contributed by atoms with E-state index in [9.17, 15) is 9.90 Å². The minimum absolute atomic E-state index is 0.0454. The van der Waals surface area contributed by atoms with E-state index >= 15 is 0 Å². The number of carbonyl (C=O) groups is 1. The number of carbonyl (C=O) groups excluding carboxylic acids is 1. The molecule has 2 N–H and O–H groups in total. The molecule has 3 atom stereocenters. The van der Waals surface area contributed by atoms with E-state index in [0.29, 0.717) is 6.54 Å². The zero-order valence-corrected chi connectivity index (χ0v) is 10.4. The van der Waals surface area contributed by atoms with E-state index in [4.69, 9.17) is 4.74 Å². The van der Waals surface area contributed by atoms with Crippen molar-refractivity contribution in [2.24, 2.45) is 0 Å². The molecule has 0 bridgehead atoms. The summed E-state index contributed by atoms with van der Waals surface area (Å²) >= 11 is 0. The Morgan fingerprint density at radius 2 is 2.29 bits per heavy atom. The predicted molar refractivity (Wildman–Crippen MR) is 63.8 cm³/mol. The van der Waals surface area contributed by atoms with Gasteiger partial charge in [-0.15, -0.1) is 0 Å². The second-order valence-electron chi connectivity index (χ2n) is 5.03. The van der Waals surface area contributed by atoms with Gasteiger partial charge in [0.05, 0.1) is 18.2 Å². The third-order valence-corrected chi connectivity index (χ3v) is 3.56. The van der Waals surface area contributed by atoms with Gasteiger partial charge in [-0.05, 0) is 32.6 Å². The molecular formula is C12H22N2O3. The minimum Gasteiger partial charge on any atom is -0.391 e. The molecule has 0 aliphatic carbocycles. The van der Waals surface area contributed by atoms with Crippen LogP contribution in [-0.4, -0.2) is 54.0 Å².